The molecule has 3 atom stereocenters. The van der Waals surface area contributed by atoms with Crippen molar-refractivity contribution in [3.8, 4) is 0 Å². The molecule has 3 unspecified atom stereocenters. The number of rotatable bonds is 3. The molecule has 0 amide bonds. The van der Waals surface area contributed by atoms with E-state index in [0.717, 1.165) is 0 Å². The molecule has 1 heterocycles. The monoisotopic (exact) mass is 130 g/mol. The molecule has 0 spiro atoms. The molecule has 0 aromatic rings. The second kappa shape index (κ2) is 2.67. The smallest absolute Gasteiger partial charge is 0.184 e. The van der Waals surface area contributed by atoms with Crippen LogP contribution in [0.3, 0.4) is 0 Å². The highest BCUT2D eigenvalue weighted by Crippen LogP contribution is 2.31. The van der Waals surface area contributed by atoms with Crippen LogP contribution in [0.4, 0.5) is 0 Å². The average molecular weight is 130 g/mol. The van der Waals surface area contributed by atoms with Gasteiger partial charge in [0.1, 0.15) is 6.10 Å². The Labute approximate surface area is 56.2 Å². The van der Waals surface area contributed by atoms with Crippen LogP contribution in [-0.2, 0) is 9.47 Å². The van der Waals surface area contributed by atoms with Gasteiger partial charge < -0.3 is 9.47 Å². The van der Waals surface area contributed by atoms with E-state index in [0.29, 0.717) is 12.0 Å². The quantitative estimate of drug-likeness (QED) is 0.539. The van der Waals surface area contributed by atoms with Gasteiger partial charge in [-0.05, 0) is 5.92 Å². The van der Waals surface area contributed by atoms with Crippen LogP contribution in [0.15, 0.2) is 0 Å². The molecule has 54 valence electrons. The number of epoxide rings is 1. The Balaban J connectivity index is 2.17. The third-order valence-corrected chi connectivity index (χ3v) is 1.92. The molecule has 1 aliphatic rings. The lowest BCUT2D eigenvalue weighted by Gasteiger charge is -2.00. The molecule has 1 fully saturated rings. The maximum Gasteiger partial charge on any atom is 0.184 e. The molecule has 0 aromatic carbocycles. The summed E-state index contributed by atoms with van der Waals surface area (Å²) in [5.41, 5.74) is 0. The van der Waals surface area contributed by atoms with Gasteiger partial charge in [-0.2, -0.15) is 0 Å². The molecule has 1 saturated heterocycles. The molecule has 1 aliphatic heterocycles. The van der Waals surface area contributed by atoms with Crippen molar-refractivity contribution in [2.45, 2.75) is 32.7 Å². The summed E-state index contributed by atoms with van der Waals surface area (Å²) < 4.78 is 10.2. The first kappa shape index (κ1) is 7.03. The van der Waals surface area contributed by atoms with Crippen LogP contribution in [0.2, 0.25) is 0 Å². The van der Waals surface area contributed by atoms with Gasteiger partial charge in [0.25, 0.3) is 0 Å². The molecule has 0 N–H and O–H groups in total. The van der Waals surface area contributed by atoms with Crippen molar-refractivity contribution < 1.29 is 9.47 Å². The van der Waals surface area contributed by atoms with Crippen LogP contribution in [0.1, 0.15) is 20.3 Å². The predicted octanol–water partition coefficient (Wildman–Crippen LogP) is 1.40. The molecule has 0 aliphatic carbocycles. The van der Waals surface area contributed by atoms with E-state index in [2.05, 4.69) is 13.8 Å². The summed E-state index contributed by atoms with van der Waals surface area (Å²) >= 11 is 0. The summed E-state index contributed by atoms with van der Waals surface area (Å²) in [6.07, 6.45) is 1.64. The fraction of sp³-hybridized carbons (Fsp3) is 1.00. The molecule has 2 heteroatoms. The topological polar surface area (TPSA) is 21.8 Å². The minimum Gasteiger partial charge on any atom is -0.353 e. The lowest BCUT2D eigenvalue weighted by molar-refractivity contribution is 0.0950. The standard InChI is InChI=1S/C7H14O2/c1-4-5(2)6-7(8-3)9-6/h5-7H,4H2,1-3H3. The van der Waals surface area contributed by atoms with Gasteiger partial charge in [-0.3, -0.25) is 0 Å². The van der Waals surface area contributed by atoms with E-state index < -0.39 is 0 Å². The number of hydrogen-bond acceptors (Lipinski definition) is 2. The van der Waals surface area contributed by atoms with Gasteiger partial charge in [0.15, 0.2) is 6.29 Å². The van der Waals surface area contributed by atoms with Crippen LogP contribution >= 0.6 is 0 Å². The highest BCUT2D eigenvalue weighted by atomic mass is 16.8. The Hall–Kier alpha value is -0.0800. The van der Waals surface area contributed by atoms with Crippen molar-refractivity contribution in [3.63, 3.8) is 0 Å². The first-order chi connectivity index (χ1) is 4.29. The molecule has 0 bridgehead atoms. The summed E-state index contributed by atoms with van der Waals surface area (Å²) in [4.78, 5) is 0. The first-order valence-electron chi connectivity index (χ1n) is 3.47. The van der Waals surface area contributed by atoms with Gasteiger partial charge in [-0.25, -0.2) is 0 Å². The van der Waals surface area contributed by atoms with Crippen LogP contribution in [0.25, 0.3) is 0 Å². The molecule has 9 heavy (non-hydrogen) atoms. The van der Waals surface area contributed by atoms with E-state index in [1.54, 1.807) is 7.11 Å². The minimum atomic E-state index is 0.0972. The SMILES string of the molecule is CCC(C)C1OC1OC. The molecular formula is C7H14O2. The van der Waals surface area contributed by atoms with Gasteiger partial charge in [-0.1, -0.05) is 20.3 Å². The normalized spacial score (nSPS) is 36.3. The lowest BCUT2D eigenvalue weighted by atomic mass is 10.1. The average Bonchev–Trinajstić information content (AvgIpc) is 2.64. The Bertz CT molecular complexity index is 92.9. The second-order valence-electron chi connectivity index (χ2n) is 2.59. The molecule has 0 radical (unpaired) electrons. The van der Waals surface area contributed by atoms with E-state index in [9.17, 15) is 0 Å². The van der Waals surface area contributed by atoms with Crippen LogP contribution in [0.5, 0.6) is 0 Å². The lowest BCUT2D eigenvalue weighted by Crippen LogP contribution is -2.06. The molecule has 0 saturated carbocycles. The van der Waals surface area contributed by atoms with Gasteiger partial charge in [-0.15, -0.1) is 0 Å². The fourth-order valence-electron chi connectivity index (χ4n) is 0.934. The first-order valence-corrected chi connectivity index (χ1v) is 3.47. The summed E-state index contributed by atoms with van der Waals surface area (Å²) in [5, 5.41) is 0. The highest BCUT2D eigenvalue weighted by Gasteiger charge is 2.42. The van der Waals surface area contributed by atoms with Crippen molar-refractivity contribution in [3.05, 3.63) is 0 Å². The Morgan fingerprint density at radius 2 is 2.33 bits per heavy atom. The third kappa shape index (κ3) is 1.43. The zero-order valence-electron chi connectivity index (χ0n) is 6.26. The van der Waals surface area contributed by atoms with E-state index in [1.165, 1.54) is 6.42 Å². The number of ether oxygens (including phenoxy) is 2. The zero-order chi connectivity index (χ0) is 6.85. The Kier molecular flexibility index (Phi) is 2.09. The van der Waals surface area contributed by atoms with Gasteiger partial charge in [0, 0.05) is 7.11 Å². The summed E-state index contributed by atoms with van der Waals surface area (Å²) in [5.74, 6) is 0.648. The maximum absolute atomic E-state index is 5.20. The largest absolute Gasteiger partial charge is 0.353 e. The van der Waals surface area contributed by atoms with Crippen molar-refractivity contribution in [2.24, 2.45) is 5.92 Å². The minimum absolute atomic E-state index is 0.0972. The summed E-state index contributed by atoms with van der Waals surface area (Å²) in [7, 11) is 1.69. The van der Waals surface area contributed by atoms with E-state index >= 15 is 0 Å². The molecule has 1 rings (SSSR count). The summed E-state index contributed by atoms with van der Waals surface area (Å²) in [6, 6.07) is 0. The Morgan fingerprint density at radius 1 is 1.67 bits per heavy atom. The van der Waals surface area contributed by atoms with Gasteiger partial charge in [0.05, 0.1) is 0 Å². The number of hydrogen-bond donors (Lipinski definition) is 0. The third-order valence-electron chi connectivity index (χ3n) is 1.92. The zero-order valence-corrected chi connectivity index (χ0v) is 6.26. The fourth-order valence-corrected chi connectivity index (χ4v) is 0.934. The molecular weight excluding hydrogens is 116 g/mol. The van der Waals surface area contributed by atoms with Crippen molar-refractivity contribution >= 4 is 0 Å². The van der Waals surface area contributed by atoms with E-state index in [1.807, 2.05) is 0 Å². The molecule has 0 aromatic heterocycles. The Morgan fingerprint density at radius 3 is 2.67 bits per heavy atom. The second-order valence-corrected chi connectivity index (χ2v) is 2.59. The van der Waals surface area contributed by atoms with Crippen molar-refractivity contribution in [2.75, 3.05) is 7.11 Å². The van der Waals surface area contributed by atoms with Crippen LogP contribution < -0.4 is 0 Å². The van der Waals surface area contributed by atoms with Crippen molar-refractivity contribution in [1.29, 1.82) is 0 Å². The van der Waals surface area contributed by atoms with E-state index in [-0.39, 0.29) is 6.29 Å². The van der Waals surface area contributed by atoms with Crippen LogP contribution in [0, 0.1) is 5.92 Å². The molecule has 2 nitrogen and oxygen atoms in total. The van der Waals surface area contributed by atoms with E-state index in [4.69, 9.17) is 9.47 Å². The predicted molar refractivity (Wildman–Crippen MR) is 35.1 cm³/mol. The summed E-state index contributed by atoms with van der Waals surface area (Å²) in [6.45, 7) is 4.35. The maximum atomic E-state index is 5.20. The van der Waals surface area contributed by atoms with Gasteiger partial charge >= 0.3 is 0 Å². The van der Waals surface area contributed by atoms with Gasteiger partial charge in [0.2, 0.25) is 0 Å². The van der Waals surface area contributed by atoms with Crippen molar-refractivity contribution in [1.82, 2.24) is 0 Å². The number of methoxy groups -OCH3 is 1. The highest BCUT2D eigenvalue weighted by molar-refractivity contribution is 4.80. The van der Waals surface area contributed by atoms with Crippen LogP contribution in [-0.4, -0.2) is 19.5 Å².